The summed E-state index contributed by atoms with van der Waals surface area (Å²) in [5, 5.41) is 11.6. The minimum atomic E-state index is -4.96. The zero-order valence-corrected chi connectivity index (χ0v) is 8.84. The first-order chi connectivity index (χ1) is 8.69. The van der Waals surface area contributed by atoms with Crippen molar-refractivity contribution in [2.45, 2.75) is 12.4 Å². The highest BCUT2D eigenvalue weighted by Gasteiger charge is 2.39. The van der Waals surface area contributed by atoms with Crippen molar-refractivity contribution >= 4 is 0 Å². The molecule has 4 nitrogen and oxygen atoms in total. The fraction of sp³-hybridized carbons (Fsp3) is 0.222. The Kier molecular flexibility index (Phi) is 2.95. The summed E-state index contributed by atoms with van der Waals surface area (Å²) in [4.78, 5) is 0. The minimum absolute atomic E-state index is 0.0195. The number of hydrogen-bond donors (Lipinski definition) is 1. The summed E-state index contributed by atoms with van der Waals surface area (Å²) in [6, 6.07) is 1.21. The molecule has 102 valence electrons. The van der Waals surface area contributed by atoms with Crippen molar-refractivity contribution in [1.29, 1.82) is 0 Å². The molecule has 1 N–H and O–H groups in total. The van der Waals surface area contributed by atoms with Crippen LogP contribution in [0.3, 0.4) is 0 Å². The molecule has 0 aliphatic carbocycles. The summed E-state index contributed by atoms with van der Waals surface area (Å²) < 4.78 is 75.5. The van der Waals surface area contributed by atoms with Gasteiger partial charge in [-0.05, 0) is 23.4 Å². The molecular formula is C9H4F6N4. The lowest BCUT2D eigenvalue weighted by atomic mass is 10.0. The molecule has 10 heteroatoms. The molecule has 2 aromatic rings. The van der Waals surface area contributed by atoms with Crippen LogP contribution in [0.2, 0.25) is 0 Å². The van der Waals surface area contributed by atoms with Gasteiger partial charge in [0.15, 0.2) is 0 Å². The molecule has 0 radical (unpaired) electrons. The maximum atomic E-state index is 12.8. The van der Waals surface area contributed by atoms with E-state index in [1.54, 1.807) is 0 Å². The van der Waals surface area contributed by atoms with Crippen LogP contribution in [0.5, 0.6) is 0 Å². The van der Waals surface area contributed by atoms with Crippen LogP contribution in [0.25, 0.3) is 11.4 Å². The second kappa shape index (κ2) is 4.21. The van der Waals surface area contributed by atoms with Gasteiger partial charge in [-0.3, -0.25) is 0 Å². The molecule has 0 saturated carbocycles. The van der Waals surface area contributed by atoms with Gasteiger partial charge >= 0.3 is 12.4 Å². The van der Waals surface area contributed by atoms with Crippen LogP contribution in [-0.4, -0.2) is 20.6 Å². The second-order valence-electron chi connectivity index (χ2n) is 3.49. The van der Waals surface area contributed by atoms with Crippen LogP contribution in [0, 0.1) is 0 Å². The van der Waals surface area contributed by atoms with E-state index in [-0.39, 0.29) is 6.07 Å². The topological polar surface area (TPSA) is 54.5 Å². The smallest absolute Gasteiger partial charge is 0.177 e. The van der Waals surface area contributed by atoms with Gasteiger partial charge in [0, 0.05) is 5.56 Å². The molecule has 2 rings (SSSR count). The zero-order chi connectivity index (χ0) is 14.3. The Morgan fingerprint density at radius 2 is 1.63 bits per heavy atom. The van der Waals surface area contributed by atoms with Crippen molar-refractivity contribution in [3.63, 3.8) is 0 Å². The number of nitrogens with zero attached hydrogens (tertiary/aromatic N) is 3. The summed E-state index contributed by atoms with van der Waals surface area (Å²) in [5.74, 6) is -0.430. The number of aromatic amines is 1. The largest absolute Gasteiger partial charge is 0.417 e. The third-order valence-electron chi connectivity index (χ3n) is 2.24. The number of halogens is 6. The Morgan fingerprint density at radius 3 is 2.11 bits per heavy atom. The third kappa shape index (κ3) is 2.66. The summed E-state index contributed by atoms with van der Waals surface area (Å²) >= 11 is 0. The summed E-state index contributed by atoms with van der Waals surface area (Å²) in [7, 11) is 0. The van der Waals surface area contributed by atoms with Crippen LogP contribution < -0.4 is 0 Å². The van der Waals surface area contributed by atoms with Crippen LogP contribution in [0.15, 0.2) is 18.2 Å². The molecule has 0 fully saturated rings. The highest BCUT2D eigenvalue weighted by molar-refractivity contribution is 5.61. The Morgan fingerprint density at radius 1 is 0.947 bits per heavy atom. The number of rotatable bonds is 1. The average molecular weight is 282 g/mol. The quantitative estimate of drug-likeness (QED) is 0.818. The molecule has 1 heterocycles. The van der Waals surface area contributed by atoms with Crippen molar-refractivity contribution in [2.75, 3.05) is 0 Å². The number of tetrazole rings is 1. The number of nitrogens with one attached hydrogen (secondary N) is 1. The average Bonchev–Trinajstić information content (AvgIpc) is 2.79. The Hall–Kier alpha value is -2.13. The van der Waals surface area contributed by atoms with Crippen molar-refractivity contribution in [1.82, 2.24) is 20.6 Å². The lowest BCUT2D eigenvalue weighted by Crippen LogP contribution is -2.12. The molecule has 0 aliphatic rings. The van der Waals surface area contributed by atoms with Crippen molar-refractivity contribution < 1.29 is 26.3 Å². The number of hydrogen-bond acceptors (Lipinski definition) is 3. The molecule has 19 heavy (non-hydrogen) atoms. The first kappa shape index (κ1) is 13.3. The number of H-pyrrole nitrogens is 1. The van der Waals surface area contributed by atoms with E-state index in [9.17, 15) is 26.3 Å². The van der Waals surface area contributed by atoms with E-state index in [0.29, 0.717) is 12.1 Å². The van der Waals surface area contributed by atoms with E-state index in [1.165, 1.54) is 0 Å². The predicted octanol–water partition coefficient (Wildman–Crippen LogP) is 2.90. The first-order valence-corrected chi connectivity index (χ1v) is 4.72. The number of benzene rings is 1. The van der Waals surface area contributed by atoms with Gasteiger partial charge in [0.1, 0.15) is 0 Å². The van der Waals surface area contributed by atoms with E-state index in [4.69, 9.17) is 0 Å². The van der Waals surface area contributed by atoms with E-state index in [0.717, 1.165) is 0 Å². The predicted molar refractivity (Wildman–Crippen MR) is 49.6 cm³/mol. The van der Waals surface area contributed by atoms with Gasteiger partial charge in [-0.2, -0.15) is 31.6 Å². The molecular weight excluding hydrogens is 278 g/mol. The molecule has 0 bridgehead atoms. The summed E-state index contributed by atoms with van der Waals surface area (Å²) in [5.41, 5.74) is -3.44. The Balaban J connectivity index is 2.63. The monoisotopic (exact) mass is 282 g/mol. The van der Waals surface area contributed by atoms with Gasteiger partial charge in [-0.15, -0.1) is 10.2 Å². The molecule has 1 aromatic carbocycles. The van der Waals surface area contributed by atoms with E-state index >= 15 is 0 Å². The van der Waals surface area contributed by atoms with E-state index in [2.05, 4.69) is 15.4 Å². The fourth-order valence-corrected chi connectivity index (χ4v) is 1.43. The number of aromatic nitrogens is 4. The standard InChI is InChI=1S/C9H4F6N4/c10-8(11,12)4-1-2-5(7-16-18-19-17-7)6(3-4)9(13,14)15/h1-3H,(H,16,17,18,19). The fourth-order valence-electron chi connectivity index (χ4n) is 1.43. The lowest BCUT2D eigenvalue weighted by Gasteiger charge is -2.14. The van der Waals surface area contributed by atoms with Crippen LogP contribution in [0.1, 0.15) is 11.1 Å². The molecule has 1 aromatic heterocycles. The highest BCUT2D eigenvalue weighted by Crippen LogP contribution is 2.39. The molecule has 0 unspecified atom stereocenters. The third-order valence-corrected chi connectivity index (χ3v) is 2.24. The highest BCUT2D eigenvalue weighted by atomic mass is 19.4. The van der Waals surface area contributed by atoms with Gasteiger partial charge in [0.05, 0.1) is 11.1 Å². The SMILES string of the molecule is FC(F)(F)c1ccc(-c2nn[nH]n2)c(C(F)(F)F)c1. The van der Waals surface area contributed by atoms with E-state index < -0.39 is 34.9 Å². The molecule has 0 aliphatic heterocycles. The zero-order valence-electron chi connectivity index (χ0n) is 8.84. The minimum Gasteiger partial charge on any atom is -0.177 e. The maximum absolute atomic E-state index is 12.8. The molecule has 0 saturated heterocycles. The van der Waals surface area contributed by atoms with Gasteiger partial charge in [0.2, 0.25) is 5.82 Å². The second-order valence-corrected chi connectivity index (χ2v) is 3.49. The van der Waals surface area contributed by atoms with Crippen molar-refractivity contribution in [3.05, 3.63) is 29.3 Å². The van der Waals surface area contributed by atoms with E-state index in [1.807, 2.05) is 5.21 Å². The van der Waals surface area contributed by atoms with Gasteiger partial charge < -0.3 is 0 Å². The van der Waals surface area contributed by atoms with Crippen LogP contribution >= 0.6 is 0 Å². The Labute approximate surface area is 101 Å². The first-order valence-electron chi connectivity index (χ1n) is 4.72. The summed E-state index contributed by atoms with van der Waals surface area (Å²) in [6.07, 6.45) is -9.83. The van der Waals surface area contributed by atoms with Crippen LogP contribution in [0.4, 0.5) is 26.3 Å². The maximum Gasteiger partial charge on any atom is 0.417 e. The van der Waals surface area contributed by atoms with Gasteiger partial charge in [0.25, 0.3) is 0 Å². The van der Waals surface area contributed by atoms with Crippen molar-refractivity contribution in [3.8, 4) is 11.4 Å². The van der Waals surface area contributed by atoms with Crippen LogP contribution in [-0.2, 0) is 12.4 Å². The summed E-state index contributed by atoms with van der Waals surface area (Å²) in [6.45, 7) is 0. The number of alkyl halides is 6. The van der Waals surface area contributed by atoms with Gasteiger partial charge in [-0.25, -0.2) is 0 Å². The van der Waals surface area contributed by atoms with Crippen molar-refractivity contribution in [2.24, 2.45) is 0 Å². The molecule has 0 atom stereocenters. The van der Waals surface area contributed by atoms with Gasteiger partial charge in [-0.1, -0.05) is 0 Å². The normalized spacial score (nSPS) is 12.7. The Bertz CT molecular complexity index is 571. The molecule has 0 amide bonds. The molecule has 0 spiro atoms. The lowest BCUT2D eigenvalue weighted by molar-refractivity contribution is -0.142.